The molecule has 0 bridgehead atoms. The Kier molecular flexibility index (Phi) is 19.4. The molecule has 300 valence electrons. The molecule has 0 unspecified atom stereocenters. The second kappa shape index (κ2) is 23.7. The smallest absolute Gasteiger partial charge is 0.243 e. The largest absolute Gasteiger partial charge is 0.479 e. The normalized spacial score (nSPS) is 15.1. The van der Waals surface area contributed by atoms with E-state index >= 15 is 0 Å². The van der Waals surface area contributed by atoms with Gasteiger partial charge in [0, 0.05) is 25.3 Å². The van der Waals surface area contributed by atoms with Gasteiger partial charge >= 0.3 is 0 Å². The Bertz CT molecular complexity index is 1510. The number of carbonyl (C=O) groups is 4. The molecule has 3 atom stereocenters. The van der Waals surface area contributed by atoms with E-state index in [-0.39, 0.29) is 19.3 Å². The van der Waals surface area contributed by atoms with Crippen LogP contribution in [0, 0.1) is 35.0 Å². The van der Waals surface area contributed by atoms with Gasteiger partial charge in [-0.25, -0.2) is 13.2 Å². The maximum atomic E-state index is 14.5. The van der Waals surface area contributed by atoms with Gasteiger partial charge in [0.05, 0.1) is 18.2 Å². The summed E-state index contributed by atoms with van der Waals surface area (Å²) in [5.74, 6) is -13.3. The summed E-state index contributed by atoms with van der Waals surface area (Å²) in [6, 6.07) is 2.64. The molecule has 0 spiro atoms. The first-order valence-electron chi connectivity index (χ1n) is 19.2. The molecule has 54 heavy (non-hydrogen) atoms. The van der Waals surface area contributed by atoms with Crippen molar-refractivity contribution in [1.82, 2.24) is 16.0 Å². The van der Waals surface area contributed by atoms with E-state index in [1.165, 1.54) is 69.6 Å². The van der Waals surface area contributed by atoms with E-state index in [0.29, 0.717) is 24.9 Å². The Balaban J connectivity index is 1.62. The predicted octanol–water partition coefficient (Wildman–Crippen LogP) is 7.04. The second-order valence-corrected chi connectivity index (χ2v) is 14.0. The van der Waals surface area contributed by atoms with Crippen molar-refractivity contribution in [3.63, 3.8) is 0 Å². The van der Waals surface area contributed by atoms with Crippen molar-refractivity contribution < 1.29 is 51.0 Å². The molecule has 0 aromatic heterocycles. The molecule has 1 fully saturated rings. The van der Waals surface area contributed by atoms with E-state index in [2.05, 4.69) is 22.9 Å². The van der Waals surface area contributed by atoms with Crippen LogP contribution in [0.15, 0.2) is 24.3 Å². The van der Waals surface area contributed by atoms with Gasteiger partial charge in [-0.05, 0) is 37.0 Å². The first-order chi connectivity index (χ1) is 26.0. The molecule has 3 rings (SSSR count). The summed E-state index contributed by atoms with van der Waals surface area (Å²) < 4.78 is 76.4. The first-order valence-corrected chi connectivity index (χ1v) is 19.2. The number of carbonyl (C=O) groups excluding carboxylic acids is 4. The Labute approximate surface area is 314 Å². The number of Topliss-reactive ketones (excluding diaryl/α,β-unsaturated/α-hetero) is 1. The topological polar surface area (TPSA) is 134 Å². The summed E-state index contributed by atoms with van der Waals surface area (Å²) in [5, 5.41) is 16.9. The average Bonchev–Trinajstić information content (AvgIpc) is 3.55. The number of aliphatic hydroxyl groups excluding tert-OH is 1. The number of unbranched alkanes of at least 4 members (excludes halogenated alkanes) is 12. The predicted molar refractivity (Wildman–Crippen MR) is 193 cm³/mol. The van der Waals surface area contributed by atoms with Gasteiger partial charge in [-0.2, -0.15) is 8.78 Å². The highest BCUT2D eigenvalue weighted by atomic mass is 19.2. The number of rotatable bonds is 26. The molecule has 1 aliphatic heterocycles. The van der Waals surface area contributed by atoms with Crippen molar-refractivity contribution in [3.05, 3.63) is 64.5 Å². The van der Waals surface area contributed by atoms with Crippen LogP contribution in [-0.2, 0) is 32.2 Å². The van der Waals surface area contributed by atoms with Crippen molar-refractivity contribution in [2.24, 2.45) is 5.92 Å². The van der Waals surface area contributed by atoms with Gasteiger partial charge in [-0.1, -0.05) is 96.1 Å². The van der Waals surface area contributed by atoms with Crippen molar-refractivity contribution >= 4 is 23.5 Å². The molecule has 1 saturated heterocycles. The zero-order chi connectivity index (χ0) is 39.5. The minimum atomic E-state index is -1.97. The van der Waals surface area contributed by atoms with Gasteiger partial charge in [-0.3, -0.25) is 19.2 Å². The lowest BCUT2D eigenvalue weighted by molar-refractivity contribution is -0.132. The molecule has 1 heterocycles. The Morgan fingerprint density at radius 2 is 1.43 bits per heavy atom. The molecule has 2 aromatic carbocycles. The number of nitrogens with one attached hydrogen (secondary N) is 3. The van der Waals surface area contributed by atoms with E-state index in [1.54, 1.807) is 6.07 Å². The van der Waals surface area contributed by atoms with Crippen molar-refractivity contribution in [2.75, 3.05) is 13.2 Å². The average molecular weight is 768 g/mol. The van der Waals surface area contributed by atoms with E-state index in [4.69, 9.17) is 9.84 Å². The number of hydrogen-bond donors (Lipinski definition) is 4. The number of hydrogen-bond acceptors (Lipinski definition) is 6. The second-order valence-electron chi connectivity index (χ2n) is 14.0. The van der Waals surface area contributed by atoms with Gasteiger partial charge in [0.2, 0.25) is 29.4 Å². The third-order valence-corrected chi connectivity index (χ3v) is 9.71. The fraction of sp³-hybridized carbons (Fsp3) is 0.600. The lowest BCUT2D eigenvalue weighted by Crippen LogP contribution is -2.53. The highest BCUT2D eigenvalue weighted by molar-refractivity contribution is 5.94. The molecule has 0 aliphatic carbocycles. The monoisotopic (exact) mass is 767 g/mol. The molecule has 3 amide bonds. The van der Waals surface area contributed by atoms with Crippen LogP contribution in [0.1, 0.15) is 121 Å². The number of halogens is 5. The third kappa shape index (κ3) is 14.3. The van der Waals surface area contributed by atoms with Gasteiger partial charge in [-0.15, -0.1) is 0 Å². The summed E-state index contributed by atoms with van der Waals surface area (Å²) in [4.78, 5) is 52.5. The quantitative estimate of drug-likeness (QED) is 0.0461. The third-order valence-electron chi connectivity index (χ3n) is 9.71. The van der Waals surface area contributed by atoms with Gasteiger partial charge in [0.15, 0.2) is 23.2 Å². The standard InChI is InChI=1S/C40H54F5N3O6/c1-2-3-4-5-6-7-8-9-10-11-12-13-14-18-33(51)47-31(22-26-16-15-17-28(41)21-26)40(53)48-30(23-27-19-20-46-39(27)52)32(50)25-54-38-36(44)34(42)29(24-49)35(43)37(38)45/h15-17,21,27,30-31,49H,2-14,18-20,22-25H2,1H3,(H,46,52)(H,47,51)(H,48,53)/t27-,30-,31-/m0/s1. The zero-order valence-corrected chi connectivity index (χ0v) is 31.1. The Morgan fingerprint density at radius 3 is 1.96 bits per heavy atom. The van der Waals surface area contributed by atoms with Crippen LogP contribution in [0.4, 0.5) is 22.0 Å². The minimum absolute atomic E-state index is 0.127. The van der Waals surface area contributed by atoms with E-state index in [0.717, 1.165) is 25.7 Å². The van der Waals surface area contributed by atoms with Crippen LogP contribution in [0.2, 0.25) is 0 Å². The fourth-order valence-electron chi connectivity index (χ4n) is 6.54. The van der Waals surface area contributed by atoms with Crippen molar-refractivity contribution in [3.8, 4) is 5.75 Å². The van der Waals surface area contributed by atoms with Crippen LogP contribution >= 0.6 is 0 Å². The van der Waals surface area contributed by atoms with Gasteiger partial charge < -0.3 is 25.8 Å². The summed E-state index contributed by atoms with van der Waals surface area (Å²) in [5.41, 5.74) is -0.888. The molecular weight excluding hydrogens is 713 g/mol. The summed E-state index contributed by atoms with van der Waals surface area (Å²) in [6.07, 6.45) is 14.7. The molecule has 1 aliphatic rings. The number of aliphatic hydroxyl groups is 1. The first kappa shape index (κ1) is 44.3. The lowest BCUT2D eigenvalue weighted by Gasteiger charge is -2.24. The lowest BCUT2D eigenvalue weighted by atomic mass is 9.95. The maximum Gasteiger partial charge on any atom is 0.243 e. The highest BCUT2D eigenvalue weighted by Crippen LogP contribution is 2.30. The molecular formula is C40H54F5N3O6. The highest BCUT2D eigenvalue weighted by Gasteiger charge is 2.34. The molecule has 9 nitrogen and oxygen atoms in total. The minimum Gasteiger partial charge on any atom is -0.479 e. The molecule has 0 radical (unpaired) electrons. The molecule has 14 heteroatoms. The van der Waals surface area contributed by atoms with Crippen LogP contribution in [0.5, 0.6) is 5.75 Å². The van der Waals surface area contributed by atoms with E-state index in [1.807, 2.05) is 0 Å². The van der Waals surface area contributed by atoms with E-state index < -0.39 is 95.1 Å². The summed E-state index contributed by atoms with van der Waals surface area (Å²) in [7, 11) is 0. The van der Waals surface area contributed by atoms with Crippen molar-refractivity contribution in [2.45, 2.75) is 135 Å². The molecule has 2 aromatic rings. The zero-order valence-electron chi connectivity index (χ0n) is 31.1. The Morgan fingerprint density at radius 1 is 0.833 bits per heavy atom. The summed E-state index contributed by atoms with van der Waals surface area (Å²) in [6.45, 7) is 0.0109. The maximum absolute atomic E-state index is 14.5. The fourth-order valence-corrected chi connectivity index (χ4v) is 6.54. The van der Waals surface area contributed by atoms with Crippen molar-refractivity contribution in [1.29, 1.82) is 0 Å². The van der Waals surface area contributed by atoms with Crippen LogP contribution < -0.4 is 20.7 Å². The number of ether oxygens (including phenoxy) is 1. The van der Waals surface area contributed by atoms with Crippen LogP contribution in [0.25, 0.3) is 0 Å². The number of benzene rings is 2. The molecule has 0 saturated carbocycles. The van der Waals surface area contributed by atoms with Gasteiger partial charge in [0.25, 0.3) is 0 Å². The van der Waals surface area contributed by atoms with E-state index in [9.17, 15) is 41.1 Å². The van der Waals surface area contributed by atoms with Crippen LogP contribution in [-0.4, -0.2) is 53.8 Å². The van der Waals surface area contributed by atoms with Crippen LogP contribution in [0.3, 0.4) is 0 Å². The van der Waals surface area contributed by atoms with Gasteiger partial charge in [0.1, 0.15) is 18.5 Å². The summed E-state index contributed by atoms with van der Waals surface area (Å²) >= 11 is 0. The SMILES string of the molecule is CCCCCCCCCCCCCCCC(=O)N[C@@H](Cc1cccc(F)c1)C(=O)N[C@@H](C[C@@H]1CCNC1=O)C(=O)COc1c(F)c(F)c(CO)c(F)c1F. The Hall–Kier alpha value is -4.07. The molecule has 4 N–H and O–H groups in total. The number of ketones is 1. The number of amides is 3.